The lowest BCUT2D eigenvalue weighted by Gasteiger charge is -2.13. The van der Waals surface area contributed by atoms with Crippen LogP contribution < -0.4 is 0 Å². The third kappa shape index (κ3) is 3.23. The molecule has 0 radical (unpaired) electrons. The number of rotatable bonds is 5. The lowest BCUT2D eigenvalue weighted by Crippen LogP contribution is -2.29. The second-order valence-corrected chi connectivity index (χ2v) is 4.85. The SMILES string of the molecule is COC1CN(CC(=O)c2ccc(C#N)cc2)CC1OC. The molecule has 1 aliphatic heterocycles. The number of Topliss-reactive ketones (excluding diaryl/α,β-unsaturated/α-hetero) is 1. The molecule has 1 fully saturated rings. The molecule has 0 spiro atoms. The zero-order chi connectivity index (χ0) is 14.5. The standard InChI is InChI=1S/C15H18N2O3/c1-19-14-9-17(10-15(14)20-2)8-13(18)12-5-3-11(7-16)4-6-12/h3-6,14-15H,8-10H2,1-2H3. The number of hydrogen-bond donors (Lipinski definition) is 0. The molecule has 0 amide bonds. The van der Waals surface area contributed by atoms with E-state index in [0.29, 0.717) is 30.8 Å². The van der Waals surface area contributed by atoms with Gasteiger partial charge in [0.05, 0.1) is 30.4 Å². The molecule has 0 aromatic heterocycles. The molecule has 1 aromatic rings. The number of methoxy groups -OCH3 is 2. The summed E-state index contributed by atoms with van der Waals surface area (Å²) in [6.07, 6.45) is 0.0162. The van der Waals surface area contributed by atoms with Gasteiger partial charge in [0.1, 0.15) is 0 Å². The Balaban J connectivity index is 1.96. The topological polar surface area (TPSA) is 62.6 Å². The first kappa shape index (κ1) is 14.7. The quantitative estimate of drug-likeness (QED) is 0.752. The maximum Gasteiger partial charge on any atom is 0.176 e. The highest BCUT2D eigenvalue weighted by Crippen LogP contribution is 2.16. The van der Waals surface area contributed by atoms with Crippen molar-refractivity contribution in [2.45, 2.75) is 12.2 Å². The molecular weight excluding hydrogens is 256 g/mol. The van der Waals surface area contributed by atoms with Gasteiger partial charge in [0.2, 0.25) is 0 Å². The largest absolute Gasteiger partial charge is 0.377 e. The second kappa shape index (κ2) is 6.62. The van der Waals surface area contributed by atoms with E-state index < -0.39 is 0 Å². The Hall–Kier alpha value is -1.74. The highest BCUT2D eigenvalue weighted by Gasteiger charge is 2.33. The van der Waals surface area contributed by atoms with E-state index in [1.807, 2.05) is 11.0 Å². The van der Waals surface area contributed by atoms with Crippen LogP contribution in [-0.2, 0) is 9.47 Å². The van der Waals surface area contributed by atoms with Crippen LogP contribution in [0, 0.1) is 11.3 Å². The first-order chi connectivity index (χ1) is 9.67. The molecular formula is C15H18N2O3. The van der Waals surface area contributed by atoms with Crippen molar-refractivity contribution in [3.8, 4) is 6.07 Å². The van der Waals surface area contributed by atoms with E-state index in [-0.39, 0.29) is 18.0 Å². The summed E-state index contributed by atoms with van der Waals surface area (Å²) >= 11 is 0. The minimum absolute atomic E-state index is 0.00812. The Labute approximate surface area is 118 Å². The number of benzene rings is 1. The molecule has 5 heteroatoms. The Kier molecular flexibility index (Phi) is 4.85. The van der Waals surface area contributed by atoms with Crippen LogP contribution in [0.5, 0.6) is 0 Å². The van der Waals surface area contributed by atoms with Crippen molar-refractivity contribution in [1.82, 2.24) is 4.90 Å². The fraction of sp³-hybridized carbons (Fsp3) is 0.467. The number of hydrogen-bond acceptors (Lipinski definition) is 5. The fourth-order valence-electron chi connectivity index (χ4n) is 2.43. The molecule has 0 bridgehead atoms. The fourth-order valence-corrected chi connectivity index (χ4v) is 2.43. The van der Waals surface area contributed by atoms with Gasteiger partial charge in [-0.05, 0) is 12.1 Å². The van der Waals surface area contributed by atoms with E-state index in [9.17, 15) is 4.79 Å². The van der Waals surface area contributed by atoms with Crippen molar-refractivity contribution in [3.63, 3.8) is 0 Å². The molecule has 1 saturated heterocycles. The van der Waals surface area contributed by atoms with Crippen LogP contribution in [0.2, 0.25) is 0 Å². The summed E-state index contributed by atoms with van der Waals surface area (Å²) in [5.74, 6) is 0.0427. The highest BCUT2D eigenvalue weighted by molar-refractivity contribution is 5.97. The maximum absolute atomic E-state index is 12.2. The molecule has 2 atom stereocenters. The van der Waals surface area contributed by atoms with Crippen LogP contribution in [0.1, 0.15) is 15.9 Å². The van der Waals surface area contributed by atoms with Crippen molar-refractivity contribution >= 4 is 5.78 Å². The lowest BCUT2D eigenvalue weighted by molar-refractivity contribution is -0.00461. The predicted molar refractivity (Wildman–Crippen MR) is 73.5 cm³/mol. The molecule has 5 nitrogen and oxygen atoms in total. The van der Waals surface area contributed by atoms with Gasteiger partial charge in [0, 0.05) is 32.9 Å². The third-order valence-electron chi connectivity index (χ3n) is 3.60. The van der Waals surface area contributed by atoms with Gasteiger partial charge in [-0.1, -0.05) is 12.1 Å². The Morgan fingerprint density at radius 3 is 2.25 bits per heavy atom. The summed E-state index contributed by atoms with van der Waals surface area (Å²) < 4.78 is 10.7. The average Bonchev–Trinajstić information content (AvgIpc) is 2.89. The van der Waals surface area contributed by atoms with Crippen LogP contribution in [0.25, 0.3) is 0 Å². The van der Waals surface area contributed by atoms with E-state index in [4.69, 9.17) is 14.7 Å². The molecule has 1 heterocycles. The number of carbonyl (C=O) groups excluding carboxylic acids is 1. The molecule has 106 valence electrons. The number of likely N-dealkylation sites (tertiary alicyclic amines) is 1. The molecule has 1 aromatic carbocycles. The average molecular weight is 274 g/mol. The van der Waals surface area contributed by atoms with E-state index in [2.05, 4.69) is 0 Å². The summed E-state index contributed by atoms with van der Waals surface area (Å²) in [5.41, 5.74) is 1.18. The van der Waals surface area contributed by atoms with Crippen LogP contribution in [0.15, 0.2) is 24.3 Å². The summed E-state index contributed by atoms with van der Waals surface area (Å²) in [7, 11) is 3.31. The van der Waals surface area contributed by atoms with Crippen molar-refractivity contribution in [1.29, 1.82) is 5.26 Å². The lowest BCUT2D eigenvalue weighted by atomic mass is 10.1. The first-order valence-corrected chi connectivity index (χ1v) is 6.49. The molecule has 0 aliphatic carbocycles. The Bertz CT molecular complexity index is 495. The van der Waals surface area contributed by atoms with Crippen molar-refractivity contribution in [2.75, 3.05) is 33.9 Å². The smallest absolute Gasteiger partial charge is 0.176 e. The molecule has 20 heavy (non-hydrogen) atoms. The van der Waals surface area contributed by atoms with E-state index in [1.165, 1.54) is 0 Å². The van der Waals surface area contributed by atoms with Crippen LogP contribution in [0.4, 0.5) is 0 Å². The molecule has 0 N–H and O–H groups in total. The van der Waals surface area contributed by atoms with Gasteiger partial charge in [0.15, 0.2) is 5.78 Å². The van der Waals surface area contributed by atoms with E-state index in [1.54, 1.807) is 38.5 Å². The molecule has 2 unspecified atom stereocenters. The minimum atomic E-state index is 0.00812. The summed E-state index contributed by atoms with van der Waals surface area (Å²) in [5, 5.41) is 8.74. The zero-order valence-electron chi connectivity index (χ0n) is 11.7. The van der Waals surface area contributed by atoms with E-state index in [0.717, 1.165) is 0 Å². The van der Waals surface area contributed by atoms with Gasteiger partial charge in [-0.2, -0.15) is 5.26 Å². The molecule has 1 aliphatic rings. The summed E-state index contributed by atoms with van der Waals surface area (Å²) in [6, 6.07) is 8.74. The van der Waals surface area contributed by atoms with Crippen LogP contribution in [0.3, 0.4) is 0 Å². The number of ether oxygens (including phenoxy) is 2. The van der Waals surface area contributed by atoms with Gasteiger partial charge < -0.3 is 9.47 Å². The first-order valence-electron chi connectivity index (χ1n) is 6.49. The van der Waals surface area contributed by atoms with Crippen molar-refractivity contribution < 1.29 is 14.3 Å². The molecule has 2 rings (SSSR count). The highest BCUT2D eigenvalue weighted by atomic mass is 16.5. The summed E-state index contributed by atoms with van der Waals surface area (Å²) in [6.45, 7) is 1.72. The van der Waals surface area contributed by atoms with Gasteiger partial charge in [-0.3, -0.25) is 9.69 Å². The normalized spacial score (nSPS) is 22.6. The van der Waals surface area contributed by atoms with Crippen LogP contribution >= 0.6 is 0 Å². The Morgan fingerprint density at radius 2 is 1.80 bits per heavy atom. The number of carbonyl (C=O) groups is 1. The van der Waals surface area contributed by atoms with Gasteiger partial charge in [-0.25, -0.2) is 0 Å². The number of nitriles is 1. The monoisotopic (exact) mass is 274 g/mol. The molecule has 0 saturated carbocycles. The minimum Gasteiger partial charge on any atom is -0.377 e. The third-order valence-corrected chi connectivity index (χ3v) is 3.60. The van der Waals surface area contributed by atoms with Gasteiger partial charge in [-0.15, -0.1) is 0 Å². The Morgan fingerprint density at radius 1 is 1.25 bits per heavy atom. The number of ketones is 1. The van der Waals surface area contributed by atoms with Crippen molar-refractivity contribution in [2.24, 2.45) is 0 Å². The zero-order valence-corrected chi connectivity index (χ0v) is 11.7. The van der Waals surface area contributed by atoms with Crippen LogP contribution in [-0.4, -0.2) is 56.7 Å². The number of nitrogens with zero attached hydrogens (tertiary/aromatic N) is 2. The van der Waals surface area contributed by atoms with Gasteiger partial charge in [0.25, 0.3) is 0 Å². The summed E-state index contributed by atoms with van der Waals surface area (Å²) in [4.78, 5) is 14.2. The van der Waals surface area contributed by atoms with E-state index >= 15 is 0 Å². The predicted octanol–water partition coefficient (Wildman–Crippen LogP) is 1.09. The van der Waals surface area contributed by atoms with Crippen molar-refractivity contribution in [3.05, 3.63) is 35.4 Å². The van der Waals surface area contributed by atoms with Gasteiger partial charge >= 0.3 is 0 Å². The second-order valence-electron chi connectivity index (χ2n) is 4.85. The maximum atomic E-state index is 12.2.